The van der Waals surface area contributed by atoms with E-state index in [0.29, 0.717) is 17.9 Å². The van der Waals surface area contributed by atoms with E-state index in [1.54, 1.807) is 25.1 Å². The fraction of sp³-hybridized carbons (Fsp3) is 0.273. The van der Waals surface area contributed by atoms with Gasteiger partial charge in [-0.2, -0.15) is 0 Å². The monoisotopic (exact) mass is 380 g/mol. The standard InChI is InChI=1S/C22H24N2O4/c1-3-9-17-10-7-8-13-20(17)28-15-19(25)14-23-21(26)16(2)24(22(23)27)18-11-5-4-6-12-18/h3-8,10-13,16,19,25H,1,9,14-15H2,2H3. The number of ether oxygens (including phenoxy) is 1. The molecule has 6 heteroatoms. The average molecular weight is 380 g/mol. The average Bonchev–Trinajstić information content (AvgIpc) is 2.91. The Morgan fingerprint density at radius 1 is 1.14 bits per heavy atom. The Morgan fingerprint density at radius 2 is 1.82 bits per heavy atom. The summed E-state index contributed by atoms with van der Waals surface area (Å²) in [5, 5.41) is 10.4. The summed E-state index contributed by atoms with van der Waals surface area (Å²) in [4.78, 5) is 27.8. The van der Waals surface area contributed by atoms with E-state index in [9.17, 15) is 14.7 Å². The van der Waals surface area contributed by atoms with Gasteiger partial charge in [-0.25, -0.2) is 4.79 Å². The molecule has 28 heavy (non-hydrogen) atoms. The van der Waals surface area contributed by atoms with Gasteiger partial charge in [0.05, 0.1) is 6.54 Å². The van der Waals surface area contributed by atoms with E-state index in [4.69, 9.17) is 4.74 Å². The Balaban J connectivity index is 1.64. The van der Waals surface area contributed by atoms with Gasteiger partial charge in [-0.3, -0.25) is 14.6 Å². The number of carbonyl (C=O) groups is 2. The Kier molecular flexibility index (Phi) is 6.11. The predicted octanol–water partition coefficient (Wildman–Crippen LogP) is 3.01. The van der Waals surface area contributed by atoms with Crippen molar-refractivity contribution in [1.82, 2.24) is 4.90 Å². The summed E-state index contributed by atoms with van der Waals surface area (Å²) >= 11 is 0. The molecule has 3 amide bonds. The normalized spacial score (nSPS) is 17.7. The number of aliphatic hydroxyl groups excluding tert-OH is 1. The maximum atomic E-state index is 12.7. The van der Waals surface area contributed by atoms with Crippen LogP contribution in [0.15, 0.2) is 67.3 Å². The molecule has 1 heterocycles. The minimum Gasteiger partial charge on any atom is -0.491 e. The zero-order valence-electron chi connectivity index (χ0n) is 15.8. The van der Waals surface area contributed by atoms with Crippen LogP contribution in [0.2, 0.25) is 0 Å². The van der Waals surface area contributed by atoms with E-state index < -0.39 is 18.2 Å². The maximum absolute atomic E-state index is 12.7. The second-order valence-corrected chi connectivity index (χ2v) is 6.68. The zero-order chi connectivity index (χ0) is 20.1. The van der Waals surface area contributed by atoms with Crippen LogP contribution in [0, 0.1) is 0 Å². The number of allylic oxidation sites excluding steroid dienone is 1. The molecule has 146 valence electrons. The number of para-hydroxylation sites is 2. The van der Waals surface area contributed by atoms with Gasteiger partial charge >= 0.3 is 6.03 Å². The lowest BCUT2D eigenvalue weighted by atomic mass is 10.1. The zero-order valence-corrected chi connectivity index (χ0v) is 15.8. The second kappa shape index (κ2) is 8.71. The van der Waals surface area contributed by atoms with E-state index in [1.807, 2.05) is 42.5 Å². The molecule has 3 rings (SSSR count). The summed E-state index contributed by atoms with van der Waals surface area (Å²) in [6.45, 7) is 5.27. The minimum atomic E-state index is -0.993. The third kappa shape index (κ3) is 4.07. The molecule has 0 saturated carbocycles. The molecule has 6 nitrogen and oxygen atoms in total. The van der Waals surface area contributed by atoms with Crippen LogP contribution < -0.4 is 9.64 Å². The van der Waals surface area contributed by atoms with E-state index in [1.165, 1.54) is 4.90 Å². The lowest BCUT2D eigenvalue weighted by molar-refractivity contribution is -0.128. The van der Waals surface area contributed by atoms with Crippen molar-refractivity contribution in [2.45, 2.75) is 25.5 Å². The number of anilines is 1. The highest BCUT2D eigenvalue weighted by atomic mass is 16.5. The predicted molar refractivity (Wildman–Crippen MR) is 107 cm³/mol. The lowest BCUT2D eigenvalue weighted by Crippen LogP contribution is -2.40. The third-order valence-corrected chi connectivity index (χ3v) is 4.64. The molecule has 1 aliphatic rings. The number of imide groups is 1. The number of amides is 3. The molecule has 1 saturated heterocycles. The first-order chi connectivity index (χ1) is 13.5. The number of carbonyl (C=O) groups excluding carboxylic acids is 2. The van der Waals surface area contributed by atoms with Gasteiger partial charge in [-0.05, 0) is 37.1 Å². The van der Waals surface area contributed by atoms with Crippen LogP contribution in [0.25, 0.3) is 0 Å². The first kappa shape index (κ1) is 19.6. The molecule has 1 N–H and O–H groups in total. The van der Waals surface area contributed by atoms with Crippen LogP contribution in [0.5, 0.6) is 5.75 Å². The number of hydrogen-bond acceptors (Lipinski definition) is 4. The van der Waals surface area contributed by atoms with Crippen molar-refractivity contribution in [2.24, 2.45) is 0 Å². The Morgan fingerprint density at radius 3 is 2.54 bits per heavy atom. The van der Waals surface area contributed by atoms with Crippen LogP contribution >= 0.6 is 0 Å². The van der Waals surface area contributed by atoms with Crippen LogP contribution in [0.1, 0.15) is 12.5 Å². The smallest absolute Gasteiger partial charge is 0.332 e. The number of hydrogen-bond donors (Lipinski definition) is 1. The Hall–Kier alpha value is -3.12. The van der Waals surface area contributed by atoms with Gasteiger partial charge in [-0.15, -0.1) is 6.58 Å². The van der Waals surface area contributed by atoms with Gasteiger partial charge in [0.15, 0.2) is 0 Å². The van der Waals surface area contributed by atoms with Gasteiger partial charge in [-0.1, -0.05) is 42.5 Å². The van der Waals surface area contributed by atoms with Crippen molar-refractivity contribution in [2.75, 3.05) is 18.1 Å². The van der Waals surface area contributed by atoms with Crippen molar-refractivity contribution in [3.63, 3.8) is 0 Å². The topological polar surface area (TPSA) is 70.1 Å². The van der Waals surface area contributed by atoms with Crippen molar-refractivity contribution in [1.29, 1.82) is 0 Å². The van der Waals surface area contributed by atoms with E-state index >= 15 is 0 Å². The van der Waals surface area contributed by atoms with E-state index in [-0.39, 0.29) is 19.1 Å². The first-order valence-corrected chi connectivity index (χ1v) is 9.22. The molecule has 2 atom stereocenters. The van der Waals surface area contributed by atoms with Crippen molar-refractivity contribution in [3.05, 3.63) is 72.8 Å². The molecular formula is C22H24N2O4. The lowest BCUT2D eigenvalue weighted by Gasteiger charge is -2.21. The number of benzene rings is 2. The van der Waals surface area contributed by atoms with E-state index in [2.05, 4.69) is 6.58 Å². The van der Waals surface area contributed by atoms with E-state index in [0.717, 1.165) is 10.5 Å². The molecule has 0 spiro atoms. The van der Waals surface area contributed by atoms with Crippen LogP contribution in [-0.4, -0.2) is 47.2 Å². The molecule has 0 bridgehead atoms. The highest BCUT2D eigenvalue weighted by Gasteiger charge is 2.43. The quantitative estimate of drug-likeness (QED) is 0.565. The fourth-order valence-electron chi connectivity index (χ4n) is 3.23. The largest absolute Gasteiger partial charge is 0.491 e. The van der Waals surface area contributed by atoms with Crippen LogP contribution in [0.4, 0.5) is 10.5 Å². The maximum Gasteiger partial charge on any atom is 0.332 e. The number of urea groups is 1. The first-order valence-electron chi connectivity index (χ1n) is 9.22. The number of β-amino-alcohol motifs (C(OH)–C–C–N with tert-alkyl or cyclic N) is 1. The summed E-state index contributed by atoms with van der Waals surface area (Å²) in [5.74, 6) is 0.319. The van der Waals surface area contributed by atoms with Crippen molar-refractivity contribution >= 4 is 17.6 Å². The molecule has 2 aromatic rings. The molecule has 0 aromatic heterocycles. The number of nitrogens with zero attached hydrogens (tertiary/aromatic N) is 2. The SMILES string of the molecule is C=CCc1ccccc1OCC(O)CN1C(=O)C(C)N(c2ccccc2)C1=O. The highest BCUT2D eigenvalue weighted by molar-refractivity contribution is 6.14. The molecule has 2 aromatic carbocycles. The Bertz CT molecular complexity index is 853. The van der Waals surface area contributed by atoms with Crippen LogP contribution in [0.3, 0.4) is 0 Å². The van der Waals surface area contributed by atoms with Gasteiger partial charge in [0.2, 0.25) is 0 Å². The molecule has 0 aliphatic carbocycles. The summed E-state index contributed by atoms with van der Waals surface area (Å²) < 4.78 is 5.71. The number of aliphatic hydroxyl groups is 1. The minimum absolute atomic E-state index is 0.0229. The molecule has 1 fully saturated rings. The molecule has 2 unspecified atom stereocenters. The van der Waals surface area contributed by atoms with Gasteiger partial charge in [0.25, 0.3) is 5.91 Å². The van der Waals surface area contributed by atoms with Gasteiger partial charge in [0, 0.05) is 5.69 Å². The summed E-state index contributed by atoms with van der Waals surface area (Å²) in [6, 6.07) is 15.5. The van der Waals surface area contributed by atoms with Gasteiger partial charge < -0.3 is 9.84 Å². The molecular weight excluding hydrogens is 356 g/mol. The third-order valence-electron chi connectivity index (χ3n) is 4.64. The highest BCUT2D eigenvalue weighted by Crippen LogP contribution is 2.26. The van der Waals surface area contributed by atoms with Crippen LogP contribution in [-0.2, 0) is 11.2 Å². The molecule has 1 aliphatic heterocycles. The number of rotatable bonds is 8. The summed E-state index contributed by atoms with van der Waals surface area (Å²) in [6.07, 6.45) is 1.44. The van der Waals surface area contributed by atoms with Crippen molar-refractivity contribution in [3.8, 4) is 5.75 Å². The Labute approximate surface area is 164 Å². The second-order valence-electron chi connectivity index (χ2n) is 6.68. The molecule has 0 radical (unpaired) electrons. The fourth-order valence-corrected chi connectivity index (χ4v) is 3.23. The van der Waals surface area contributed by atoms with Gasteiger partial charge in [0.1, 0.15) is 24.5 Å². The summed E-state index contributed by atoms with van der Waals surface area (Å²) in [5.41, 5.74) is 1.61. The van der Waals surface area contributed by atoms with Crippen molar-refractivity contribution < 1.29 is 19.4 Å². The summed E-state index contributed by atoms with van der Waals surface area (Å²) in [7, 11) is 0.